The molecule has 0 bridgehead atoms. The van der Waals surface area contributed by atoms with Gasteiger partial charge in [0.15, 0.2) is 0 Å². The second kappa shape index (κ2) is 19.4. The van der Waals surface area contributed by atoms with Crippen LogP contribution in [0.4, 0.5) is 0 Å². The predicted octanol–water partition coefficient (Wildman–Crippen LogP) is 15.0. The molecule has 4 heterocycles. The Morgan fingerprint density at radius 2 is 1.42 bits per heavy atom. The molecule has 0 saturated carbocycles. The number of hydrogen-bond donors (Lipinski definition) is 0. The van der Waals surface area contributed by atoms with Gasteiger partial charge in [-0.15, -0.1) is 54.1 Å². The molecule has 10 rings (SSSR count). The summed E-state index contributed by atoms with van der Waals surface area (Å²) in [5, 5.41) is 15.2. The summed E-state index contributed by atoms with van der Waals surface area (Å²) in [6.45, 7) is 20.8. The molecule has 0 N–H and O–H groups in total. The first kappa shape index (κ1) is 47.0. The molecule has 67 heavy (non-hydrogen) atoms. The van der Waals surface area contributed by atoms with Gasteiger partial charge in [-0.3, -0.25) is 4.98 Å². The largest absolute Gasteiger partial charge is 0.486 e. The Morgan fingerprint density at radius 3 is 2.10 bits per heavy atom. The van der Waals surface area contributed by atoms with Gasteiger partial charge in [0, 0.05) is 37.4 Å². The zero-order valence-electron chi connectivity index (χ0n) is 39.7. The van der Waals surface area contributed by atoms with Gasteiger partial charge in [-0.25, -0.2) is 4.98 Å². The number of para-hydroxylation sites is 2. The third-order valence-electron chi connectivity index (χ3n) is 12.3. The average Bonchev–Trinajstić information content (AvgIpc) is 3.89. The van der Waals surface area contributed by atoms with Crippen LogP contribution in [-0.4, -0.2) is 27.6 Å². The van der Waals surface area contributed by atoms with E-state index in [0.29, 0.717) is 22.9 Å². The smallest absolute Gasteiger partial charge is 0.217 e. The molecule has 0 aliphatic heterocycles. The molecule has 6 nitrogen and oxygen atoms in total. The molecule has 0 spiro atoms. The third kappa shape index (κ3) is 9.42. The number of rotatable bonds is 9. The third-order valence-corrected chi connectivity index (χ3v) is 14.4. The van der Waals surface area contributed by atoms with E-state index < -0.39 is 8.07 Å². The van der Waals surface area contributed by atoms with Crippen LogP contribution in [-0.2, 0) is 26.5 Å². The molecule has 0 aliphatic carbocycles. The van der Waals surface area contributed by atoms with Crippen molar-refractivity contribution >= 4 is 57.1 Å². The first-order valence-electron chi connectivity index (χ1n) is 23.0. The van der Waals surface area contributed by atoms with Crippen molar-refractivity contribution in [3.05, 3.63) is 174 Å². The summed E-state index contributed by atoms with van der Waals surface area (Å²) in [5.74, 6) is 1.90. The summed E-state index contributed by atoms with van der Waals surface area (Å²) < 4.78 is 8.69. The van der Waals surface area contributed by atoms with Gasteiger partial charge in [0.25, 0.3) is 0 Å². The van der Waals surface area contributed by atoms with Crippen molar-refractivity contribution in [3.63, 3.8) is 0 Å². The summed E-state index contributed by atoms with van der Waals surface area (Å²) in [7, 11) is -1.34. The molecule has 0 atom stereocenters. The van der Waals surface area contributed by atoms with Crippen LogP contribution in [0.2, 0.25) is 19.6 Å². The minimum atomic E-state index is -1.34. The van der Waals surface area contributed by atoms with Gasteiger partial charge < -0.3 is 14.0 Å². The molecule has 8 heteroatoms. The van der Waals surface area contributed by atoms with Gasteiger partial charge in [-0.2, -0.15) is 5.26 Å². The topological polar surface area (TPSA) is 80.5 Å². The van der Waals surface area contributed by atoms with Crippen LogP contribution >= 0.6 is 0 Å². The van der Waals surface area contributed by atoms with Crippen LogP contribution in [0.5, 0.6) is 0 Å². The van der Waals surface area contributed by atoms with Crippen molar-refractivity contribution < 1.29 is 24.5 Å². The fraction of sp³-hybridized carbons (Fsp3) is 0.220. The molecule has 6 aromatic carbocycles. The van der Waals surface area contributed by atoms with Crippen LogP contribution in [0.3, 0.4) is 0 Å². The van der Waals surface area contributed by atoms with E-state index in [1.807, 2.05) is 42.5 Å². The fourth-order valence-corrected chi connectivity index (χ4v) is 10.7. The monoisotopic (exact) mass is 1070 g/mol. The number of nitriles is 1. The Bertz CT molecular complexity index is 3420. The van der Waals surface area contributed by atoms with E-state index in [0.717, 1.165) is 56.6 Å². The van der Waals surface area contributed by atoms with Crippen LogP contribution < -0.4 is 5.19 Å². The molecule has 10 aromatic rings. The molecule has 0 fully saturated rings. The van der Waals surface area contributed by atoms with Crippen molar-refractivity contribution in [3.8, 4) is 45.5 Å². The molecule has 337 valence electrons. The number of fused-ring (bicyclic) bond motifs is 5. The maximum absolute atomic E-state index is 9.45. The molecular formula is C59H55IrN5OSi-2. The minimum absolute atomic E-state index is 0. The van der Waals surface area contributed by atoms with Crippen molar-refractivity contribution in [1.29, 1.82) is 5.26 Å². The number of aromatic nitrogens is 4. The molecule has 4 aromatic heterocycles. The van der Waals surface area contributed by atoms with Crippen LogP contribution in [0.25, 0.3) is 83.3 Å². The van der Waals surface area contributed by atoms with E-state index in [-0.39, 0.29) is 31.9 Å². The standard InChI is InChI=1S/C41H31N4O.C18H24NSi.Ir/c1-24(2)34-21-29(28-17-16-26-10-5-6-11-27(26)20-28)22-35(25(3)4)38(34)45-37-15-8-7-14-36(37)44-40(45)33-13-9-12-31-32-19-18-30(23-42)43-41(32)46-39(31)33;1-14(2)11-16-12-17(15-9-7-6-8-10-15)19-13-18(16)20(3,4)5;/h5-12,14-22,24-25H,1-4H3;6-9,12-14H,11H2,1-5H3;/q2*-1;. The molecule has 0 unspecified atom stereocenters. The number of pyridine rings is 2. The summed E-state index contributed by atoms with van der Waals surface area (Å²) in [6.07, 6.45) is 3.24. The quantitative estimate of drug-likeness (QED) is 0.106. The molecule has 0 saturated heterocycles. The second-order valence-electron chi connectivity index (χ2n) is 19.3. The minimum Gasteiger partial charge on any atom is -0.486 e. The van der Waals surface area contributed by atoms with E-state index in [9.17, 15) is 5.26 Å². The molecule has 1 radical (unpaired) electrons. The number of furan rings is 1. The maximum atomic E-state index is 9.45. The van der Waals surface area contributed by atoms with Gasteiger partial charge in [0.05, 0.1) is 30.5 Å². The van der Waals surface area contributed by atoms with E-state index in [1.165, 1.54) is 43.8 Å². The van der Waals surface area contributed by atoms with Gasteiger partial charge >= 0.3 is 0 Å². The Balaban J connectivity index is 0.000000244. The van der Waals surface area contributed by atoms with E-state index in [2.05, 4.69) is 185 Å². The first-order valence-corrected chi connectivity index (χ1v) is 26.5. The Hall–Kier alpha value is -6.49. The Morgan fingerprint density at radius 1 is 0.701 bits per heavy atom. The van der Waals surface area contributed by atoms with Crippen LogP contribution in [0, 0.1) is 29.4 Å². The van der Waals surface area contributed by atoms with Crippen LogP contribution in [0.1, 0.15) is 75.8 Å². The number of benzene rings is 6. The van der Waals surface area contributed by atoms with Crippen molar-refractivity contribution in [2.24, 2.45) is 5.92 Å². The predicted molar refractivity (Wildman–Crippen MR) is 276 cm³/mol. The Labute approximate surface area is 409 Å². The van der Waals surface area contributed by atoms with Gasteiger partial charge in [-0.05, 0) is 111 Å². The second-order valence-corrected chi connectivity index (χ2v) is 24.4. The number of hydrogen-bond acceptors (Lipinski definition) is 5. The summed E-state index contributed by atoms with van der Waals surface area (Å²) in [6, 6.07) is 55.0. The maximum Gasteiger partial charge on any atom is 0.217 e. The SMILES string of the molecule is CC(C)Cc1cc(-c2[c-]cccc2)ncc1[Si](C)(C)C.CC(C)c1cc(-c2ccc3ccccc3c2)cc(C(C)C)c1-n1c(-c2[c-]ccc3c2oc2nc(C#N)ccc23)nc2ccccc21.[Ir]. The van der Waals surface area contributed by atoms with Gasteiger partial charge in [0.1, 0.15) is 11.8 Å². The molecule has 0 amide bonds. The van der Waals surface area contributed by atoms with Crippen molar-refractivity contribution in [2.45, 2.75) is 79.4 Å². The van der Waals surface area contributed by atoms with Crippen molar-refractivity contribution in [2.75, 3.05) is 0 Å². The molecule has 0 aliphatic rings. The van der Waals surface area contributed by atoms with E-state index in [1.54, 1.807) is 6.07 Å². The summed E-state index contributed by atoms with van der Waals surface area (Å²) in [5.41, 5.74) is 13.7. The first-order chi connectivity index (χ1) is 31.8. The number of imidazole rings is 1. The van der Waals surface area contributed by atoms with E-state index in [4.69, 9.17) is 9.40 Å². The zero-order chi connectivity index (χ0) is 46.3. The summed E-state index contributed by atoms with van der Waals surface area (Å²) >= 11 is 0. The Kier molecular flexibility index (Phi) is 13.6. The van der Waals surface area contributed by atoms with Crippen LogP contribution in [0.15, 0.2) is 144 Å². The zero-order valence-corrected chi connectivity index (χ0v) is 43.1. The summed E-state index contributed by atoms with van der Waals surface area (Å²) in [4.78, 5) is 14.4. The van der Waals surface area contributed by atoms with E-state index >= 15 is 0 Å². The van der Waals surface area contributed by atoms with Gasteiger partial charge in [-0.1, -0.05) is 132 Å². The normalized spacial score (nSPS) is 11.7. The van der Waals surface area contributed by atoms with Gasteiger partial charge in [0.2, 0.25) is 5.71 Å². The average molecular weight is 1070 g/mol. The molecular weight excluding hydrogens is 1010 g/mol. The van der Waals surface area contributed by atoms with Crippen molar-refractivity contribution in [1.82, 2.24) is 19.5 Å². The fourth-order valence-electron chi connectivity index (χ4n) is 9.11. The number of nitrogens with zero attached hydrogens (tertiary/aromatic N) is 5.